The summed E-state index contributed by atoms with van der Waals surface area (Å²) in [6.45, 7) is 0.426. The van der Waals surface area contributed by atoms with Crippen LogP contribution < -0.4 is 4.74 Å². The van der Waals surface area contributed by atoms with Gasteiger partial charge in [0.25, 0.3) is 10.0 Å². The quantitative estimate of drug-likeness (QED) is 0.296. The Labute approximate surface area is 138 Å². The Balaban J connectivity index is 2.01. The Morgan fingerprint density at radius 2 is 1.88 bits per heavy atom. The molecule has 1 aromatic heterocycles. The summed E-state index contributed by atoms with van der Waals surface area (Å²) >= 11 is 0. The summed E-state index contributed by atoms with van der Waals surface area (Å²) < 4.78 is 32.4. The van der Waals surface area contributed by atoms with Gasteiger partial charge in [0.2, 0.25) is 0 Å². The normalized spacial score (nSPS) is 11.2. The van der Waals surface area contributed by atoms with E-state index in [1.165, 1.54) is 10.2 Å². The Morgan fingerprint density at radius 3 is 2.62 bits per heavy atom. The van der Waals surface area contributed by atoms with E-state index >= 15 is 0 Å². The molecule has 0 unspecified atom stereocenters. The molecule has 2 aromatic carbocycles. The van der Waals surface area contributed by atoms with Crippen LogP contribution in [0.1, 0.15) is 0 Å². The second kappa shape index (κ2) is 6.66. The van der Waals surface area contributed by atoms with Crippen molar-refractivity contribution in [2.24, 2.45) is 5.11 Å². The molecule has 1 heterocycles. The van der Waals surface area contributed by atoms with Crippen molar-refractivity contribution in [3.8, 4) is 5.75 Å². The van der Waals surface area contributed by atoms with Gasteiger partial charge < -0.3 is 4.74 Å². The second-order valence-corrected chi connectivity index (χ2v) is 6.74. The van der Waals surface area contributed by atoms with Crippen LogP contribution in [0.3, 0.4) is 0 Å². The zero-order valence-electron chi connectivity index (χ0n) is 12.6. The van der Waals surface area contributed by atoms with Crippen LogP contribution in [0.2, 0.25) is 0 Å². The molecular weight excluding hydrogens is 328 g/mol. The van der Waals surface area contributed by atoms with E-state index in [4.69, 9.17) is 10.3 Å². The first kappa shape index (κ1) is 15.9. The summed E-state index contributed by atoms with van der Waals surface area (Å²) in [7, 11) is -3.67. The number of hydrogen-bond donors (Lipinski definition) is 0. The molecule has 0 fully saturated rings. The highest BCUT2D eigenvalue weighted by Crippen LogP contribution is 2.29. The number of fused-ring (bicyclic) bond motifs is 1. The van der Waals surface area contributed by atoms with E-state index in [0.29, 0.717) is 16.7 Å². The van der Waals surface area contributed by atoms with Gasteiger partial charge in [-0.15, -0.1) is 0 Å². The number of aromatic nitrogens is 1. The lowest BCUT2D eigenvalue weighted by Crippen LogP contribution is -2.11. The topological polar surface area (TPSA) is 97.1 Å². The molecule has 0 aliphatic rings. The molecule has 0 bridgehead atoms. The van der Waals surface area contributed by atoms with Crippen molar-refractivity contribution in [1.82, 2.24) is 3.97 Å². The molecule has 0 saturated carbocycles. The van der Waals surface area contributed by atoms with Crippen molar-refractivity contribution in [2.45, 2.75) is 4.90 Å². The standard InChI is InChI=1S/C16H14N4O3S/c17-19-18-10-12-23-16-8-4-7-15-14(16)9-11-20(15)24(21,22)13-5-2-1-3-6-13/h1-9,11H,10,12H2. The van der Waals surface area contributed by atoms with Gasteiger partial charge in [0, 0.05) is 16.5 Å². The number of rotatable bonds is 6. The molecule has 0 aliphatic carbocycles. The zero-order chi connectivity index (χ0) is 17.0. The summed E-state index contributed by atoms with van der Waals surface area (Å²) in [5.74, 6) is 0.544. The van der Waals surface area contributed by atoms with Gasteiger partial charge in [0.1, 0.15) is 5.75 Å². The first-order valence-electron chi connectivity index (χ1n) is 7.19. The fraction of sp³-hybridized carbons (Fsp3) is 0.125. The lowest BCUT2D eigenvalue weighted by molar-refractivity contribution is 0.332. The number of nitrogens with zero attached hydrogens (tertiary/aromatic N) is 4. The number of hydrogen-bond acceptors (Lipinski definition) is 4. The molecule has 24 heavy (non-hydrogen) atoms. The highest BCUT2D eigenvalue weighted by atomic mass is 32.2. The van der Waals surface area contributed by atoms with E-state index in [0.717, 1.165) is 0 Å². The Bertz CT molecular complexity index is 1010. The minimum atomic E-state index is -3.67. The van der Waals surface area contributed by atoms with E-state index in [1.807, 2.05) is 0 Å². The smallest absolute Gasteiger partial charge is 0.268 e. The summed E-state index contributed by atoms with van der Waals surface area (Å²) in [5, 5.41) is 4.08. The van der Waals surface area contributed by atoms with Crippen molar-refractivity contribution in [1.29, 1.82) is 0 Å². The van der Waals surface area contributed by atoms with Crippen molar-refractivity contribution in [2.75, 3.05) is 13.2 Å². The van der Waals surface area contributed by atoms with E-state index < -0.39 is 10.0 Å². The third-order valence-electron chi connectivity index (χ3n) is 3.47. The van der Waals surface area contributed by atoms with Crippen LogP contribution in [-0.4, -0.2) is 25.5 Å². The molecule has 0 radical (unpaired) electrons. The van der Waals surface area contributed by atoms with Crippen molar-refractivity contribution < 1.29 is 13.2 Å². The van der Waals surface area contributed by atoms with Crippen LogP contribution >= 0.6 is 0 Å². The second-order valence-electron chi connectivity index (χ2n) is 4.92. The molecule has 3 aromatic rings. The monoisotopic (exact) mass is 342 g/mol. The maximum absolute atomic E-state index is 12.8. The minimum Gasteiger partial charge on any atom is -0.493 e. The van der Waals surface area contributed by atoms with Crippen molar-refractivity contribution in [3.63, 3.8) is 0 Å². The van der Waals surface area contributed by atoms with E-state index in [-0.39, 0.29) is 18.0 Å². The van der Waals surface area contributed by atoms with Gasteiger partial charge in [0.05, 0.1) is 23.6 Å². The van der Waals surface area contributed by atoms with Gasteiger partial charge in [-0.2, -0.15) is 0 Å². The van der Waals surface area contributed by atoms with Gasteiger partial charge in [-0.3, -0.25) is 0 Å². The van der Waals surface area contributed by atoms with E-state index in [9.17, 15) is 8.42 Å². The molecule has 122 valence electrons. The van der Waals surface area contributed by atoms with Crippen LogP contribution in [0, 0.1) is 0 Å². The summed E-state index contributed by atoms with van der Waals surface area (Å²) in [6.07, 6.45) is 1.51. The van der Waals surface area contributed by atoms with Gasteiger partial charge in [-0.1, -0.05) is 29.4 Å². The summed E-state index contributed by atoms with van der Waals surface area (Å²) in [6, 6.07) is 15.1. The molecule has 7 nitrogen and oxygen atoms in total. The molecule has 0 N–H and O–H groups in total. The summed E-state index contributed by atoms with van der Waals surface area (Å²) in [5.41, 5.74) is 8.80. The largest absolute Gasteiger partial charge is 0.493 e. The lowest BCUT2D eigenvalue weighted by Gasteiger charge is -2.09. The zero-order valence-corrected chi connectivity index (χ0v) is 13.4. The Hall–Kier alpha value is -2.96. The maximum Gasteiger partial charge on any atom is 0.268 e. The molecule has 8 heteroatoms. The molecule has 0 saturated heterocycles. The number of benzene rings is 2. The molecule has 0 spiro atoms. The predicted octanol–water partition coefficient (Wildman–Crippen LogP) is 3.57. The Morgan fingerprint density at radius 1 is 1.08 bits per heavy atom. The molecule has 3 rings (SSSR count). The van der Waals surface area contributed by atoms with Gasteiger partial charge >= 0.3 is 0 Å². The van der Waals surface area contributed by atoms with Crippen LogP contribution in [0.25, 0.3) is 21.3 Å². The fourth-order valence-corrected chi connectivity index (χ4v) is 3.76. The highest BCUT2D eigenvalue weighted by molar-refractivity contribution is 7.90. The number of azide groups is 1. The van der Waals surface area contributed by atoms with Gasteiger partial charge in [-0.05, 0) is 35.9 Å². The van der Waals surface area contributed by atoms with Crippen LogP contribution in [0.15, 0.2) is 70.8 Å². The molecule has 0 amide bonds. The molecule has 0 aliphatic heterocycles. The lowest BCUT2D eigenvalue weighted by atomic mass is 10.2. The SMILES string of the molecule is [N-]=[N+]=NCCOc1cccc2c1ccn2S(=O)(=O)c1ccccc1. The van der Waals surface area contributed by atoms with Gasteiger partial charge in [-0.25, -0.2) is 12.4 Å². The minimum absolute atomic E-state index is 0.204. The van der Waals surface area contributed by atoms with E-state index in [1.54, 1.807) is 54.6 Å². The van der Waals surface area contributed by atoms with E-state index in [2.05, 4.69) is 10.0 Å². The van der Waals surface area contributed by atoms with Gasteiger partial charge in [0.15, 0.2) is 0 Å². The van der Waals surface area contributed by atoms with Crippen molar-refractivity contribution >= 4 is 20.9 Å². The van der Waals surface area contributed by atoms with Crippen LogP contribution in [0.4, 0.5) is 0 Å². The van der Waals surface area contributed by atoms with Crippen molar-refractivity contribution in [3.05, 3.63) is 71.2 Å². The summed E-state index contributed by atoms with van der Waals surface area (Å²) in [4.78, 5) is 2.88. The van der Waals surface area contributed by atoms with Crippen LogP contribution in [0.5, 0.6) is 5.75 Å². The number of ether oxygens (including phenoxy) is 1. The first-order valence-corrected chi connectivity index (χ1v) is 8.63. The third-order valence-corrected chi connectivity index (χ3v) is 5.17. The fourth-order valence-electron chi connectivity index (χ4n) is 2.40. The average molecular weight is 342 g/mol. The Kier molecular flexibility index (Phi) is 4.41. The maximum atomic E-state index is 12.8. The average Bonchev–Trinajstić information content (AvgIpc) is 3.05. The first-order chi connectivity index (χ1) is 11.6. The predicted molar refractivity (Wildman–Crippen MR) is 90.5 cm³/mol. The van der Waals surface area contributed by atoms with Crippen LogP contribution in [-0.2, 0) is 10.0 Å². The highest BCUT2D eigenvalue weighted by Gasteiger charge is 2.19. The third kappa shape index (κ3) is 2.92. The molecular formula is C16H14N4O3S. The molecule has 0 atom stereocenters.